The lowest BCUT2D eigenvalue weighted by molar-refractivity contribution is -0.137. The zero-order valence-electron chi connectivity index (χ0n) is 14.2. The second kappa shape index (κ2) is 8.27. The summed E-state index contributed by atoms with van der Waals surface area (Å²) in [5.41, 5.74) is 1.94. The Kier molecular flexibility index (Phi) is 5.82. The first kappa shape index (κ1) is 18.3. The molecule has 1 aliphatic heterocycles. The molecule has 0 radical (unpaired) electrons. The summed E-state index contributed by atoms with van der Waals surface area (Å²) < 4.78 is 30.2. The minimum Gasteiger partial charge on any atom is -0.480 e. The lowest BCUT2D eigenvalue weighted by atomic mass is 9.94. The Morgan fingerprint density at radius 1 is 1.31 bits per heavy atom. The summed E-state index contributed by atoms with van der Waals surface area (Å²) in [6, 6.07) is 8.58. The van der Waals surface area contributed by atoms with Crippen molar-refractivity contribution in [2.75, 3.05) is 13.1 Å². The van der Waals surface area contributed by atoms with Gasteiger partial charge in [0.05, 0.1) is 5.69 Å². The van der Waals surface area contributed by atoms with Crippen molar-refractivity contribution < 1.29 is 23.4 Å². The van der Waals surface area contributed by atoms with Gasteiger partial charge in [-0.2, -0.15) is 13.9 Å². The number of carbonyl (C=O) groups is 1. The number of benzene rings is 1. The highest BCUT2D eigenvalue weighted by molar-refractivity contribution is 5.66. The van der Waals surface area contributed by atoms with Crippen LogP contribution in [0, 0.1) is 0 Å². The second-order valence-electron chi connectivity index (χ2n) is 6.43. The van der Waals surface area contributed by atoms with Gasteiger partial charge in [0.2, 0.25) is 0 Å². The predicted octanol–water partition coefficient (Wildman–Crippen LogP) is 2.95. The molecule has 0 amide bonds. The van der Waals surface area contributed by atoms with Gasteiger partial charge in [-0.3, -0.25) is 14.4 Å². The molecule has 0 aliphatic carbocycles. The van der Waals surface area contributed by atoms with Crippen molar-refractivity contribution in [2.24, 2.45) is 0 Å². The number of piperidine rings is 1. The van der Waals surface area contributed by atoms with Crippen LogP contribution in [0.2, 0.25) is 0 Å². The van der Waals surface area contributed by atoms with Crippen LogP contribution in [-0.2, 0) is 17.9 Å². The van der Waals surface area contributed by atoms with E-state index in [1.807, 2.05) is 6.07 Å². The number of carboxylic acid groups (broad SMARTS) is 1. The van der Waals surface area contributed by atoms with Crippen LogP contribution >= 0.6 is 0 Å². The fraction of sp³-hybridized carbons (Fsp3) is 0.444. The molecule has 1 aliphatic rings. The predicted molar refractivity (Wildman–Crippen MR) is 90.2 cm³/mol. The normalized spacial score (nSPS) is 18.2. The summed E-state index contributed by atoms with van der Waals surface area (Å²) in [7, 11) is 0. The Morgan fingerprint density at radius 2 is 2.08 bits per heavy atom. The molecule has 1 fully saturated rings. The van der Waals surface area contributed by atoms with Crippen LogP contribution in [0.5, 0.6) is 5.75 Å². The monoisotopic (exact) mass is 365 g/mol. The molecule has 1 N–H and O–H groups in total. The zero-order chi connectivity index (χ0) is 18.5. The maximum atomic E-state index is 12.2. The van der Waals surface area contributed by atoms with Crippen LogP contribution in [0.1, 0.15) is 30.0 Å². The lowest BCUT2D eigenvalue weighted by Crippen LogP contribution is -2.34. The minimum atomic E-state index is -2.82. The van der Waals surface area contributed by atoms with Crippen molar-refractivity contribution in [3.63, 3.8) is 0 Å². The molecule has 0 saturated carbocycles. The Bertz CT molecular complexity index is 734. The molecule has 0 bridgehead atoms. The lowest BCUT2D eigenvalue weighted by Gasteiger charge is -2.32. The minimum absolute atomic E-state index is 0.135. The third kappa shape index (κ3) is 5.01. The summed E-state index contributed by atoms with van der Waals surface area (Å²) in [6.07, 6.45) is 3.74. The van der Waals surface area contributed by atoms with Gasteiger partial charge in [-0.1, -0.05) is 12.1 Å². The Labute approximate surface area is 150 Å². The topological polar surface area (TPSA) is 67.6 Å². The van der Waals surface area contributed by atoms with Crippen molar-refractivity contribution in [3.8, 4) is 5.75 Å². The summed E-state index contributed by atoms with van der Waals surface area (Å²) in [6.45, 7) is -0.434. The van der Waals surface area contributed by atoms with Crippen LogP contribution in [-0.4, -0.2) is 45.5 Å². The van der Waals surface area contributed by atoms with Gasteiger partial charge in [-0.25, -0.2) is 0 Å². The van der Waals surface area contributed by atoms with Crippen LogP contribution in [0.25, 0.3) is 0 Å². The zero-order valence-corrected chi connectivity index (χ0v) is 14.2. The number of ether oxygens (including phenoxy) is 1. The Morgan fingerprint density at radius 3 is 2.77 bits per heavy atom. The highest BCUT2D eigenvalue weighted by atomic mass is 19.3. The molecule has 8 heteroatoms. The number of hydrogen-bond donors (Lipinski definition) is 1. The molecule has 3 rings (SSSR count). The largest absolute Gasteiger partial charge is 0.480 e. The SMILES string of the molecule is O=C(O)Cn1ccc([C@@H]2CCCN(Cc3ccc(OC(F)F)cc3)C2)n1. The van der Waals surface area contributed by atoms with E-state index in [4.69, 9.17) is 5.11 Å². The molecule has 1 aromatic heterocycles. The van der Waals surface area contributed by atoms with Gasteiger partial charge in [0.1, 0.15) is 12.3 Å². The highest BCUT2D eigenvalue weighted by Gasteiger charge is 2.23. The second-order valence-corrected chi connectivity index (χ2v) is 6.43. The van der Waals surface area contributed by atoms with Gasteiger partial charge in [-0.15, -0.1) is 0 Å². The van der Waals surface area contributed by atoms with Gasteiger partial charge in [0, 0.05) is 25.2 Å². The van der Waals surface area contributed by atoms with Crippen molar-refractivity contribution in [1.29, 1.82) is 0 Å². The third-order valence-corrected chi connectivity index (χ3v) is 4.44. The number of rotatable bonds is 7. The molecule has 2 heterocycles. The van der Waals surface area contributed by atoms with Crippen LogP contribution in [0.4, 0.5) is 8.78 Å². The van der Waals surface area contributed by atoms with E-state index >= 15 is 0 Å². The Hall–Kier alpha value is -2.48. The quantitative estimate of drug-likeness (QED) is 0.817. The standard InChI is InChI=1S/C18H21F2N3O3/c19-18(20)26-15-5-3-13(4-6-15)10-22-8-1-2-14(11-22)16-7-9-23(21-16)12-17(24)25/h3-7,9,14,18H,1-2,8,10-12H2,(H,24,25)/t14-/m1/s1. The van der Waals surface area contributed by atoms with Crippen molar-refractivity contribution in [2.45, 2.75) is 38.5 Å². The van der Waals surface area contributed by atoms with E-state index < -0.39 is 12.6 Å². The summed E-state index contributed by atoms with van der Waals surface area (Å²) in [5, 5.41) is 13.2. The fourth-order valence-corrected chi connectivity index (χ4v) is 3.30. The molecule has 2 aromatic rings. The highest BCUT2D eigenvalue weighted by Crippen LogP contribution is 2.27. The van der Waals surface area contributed by atoms with E-state index in [1.54, 1.807) is 30.5 Å². The first-order chi connectivity index (χ1) is 12.5. The molecular weight excluding hydrogens is 344 g/mol. The molecule has 6 nitrogen and oxygen atoms in total. The number of carboxylic acids is 1. The van der Waals surface area contributed by atoms with E-state index in [2.05, 4.69) is 14.7 Å². The van der Waals surface area contributed by atoms with E-state index in [0.29, 0.717) is 0 Å². The van der Waals surface area contributed by atoms with Gasteiger partial charge in [-0.05, 0) is 43.1 Å². The number of nitrogens with zero attached hydrogens (tertiary/aromatic N) is 3. The van der Waals surface area contributed by atoms with Crippen LogP contribution < -0.4 is 4.74 Å². The van der Waals surface area contributed by atoms with Gasteiger partial charge >= 0.3 is 12.6 Å². The van der Waals surface area contributed by atoms with Crippen molar-refractivity contribution >= 4 is 5.97 Å². The first-order valence-corrected chi connectivity index (χ1v) is 8.51. The van der Waals surface area contributed by atoms with Crippen molar-refractivity contribution in [3.05, 3.63) is 47.8 Å². The maximum Gasteiger partial charge on any atom is 0.387 e. The van der Waals surface area contributed by atoms with E-state index in [-0.39, 0.29) is 18.2 Å². The number of alkyl halides is 2. The van der Waals surface area contributed by atoms with E-state index in [1.165, 1.54) is 4.68 Å². The van der Waals surface area contributed by atoms with Gasteiger partial charge in [0.15, 0.2) is 0 Å². The average molecular weight is 365 g/mol. The number of halogens is 2. The van der Waals surface area contributed by atoms with E-state index in [9.17, 15) is 13.6 Å². The first-order valence-electron chi connectivity index (χ1n) is 8.51. The molecule has 140 valence electrons. The molecule has 26 heavy (non-hydrogen) atoms. The molecule has 1 saturated heterocycles. The average Bonchev–Trinajstić information content (AvgIpc) is 3.04. The van der Waals surface area contributed by atoms with E-state index in [0.717, 1.165) is 43.7 Å². The molecule has 0 spiro atoms. The maximum absolute atomic E-state index is 12.2. The smallest absolute Gasteiger partial charge is 0.387 e. The van der Waals surface area contributed by atoms with Crippen LogP contribution in [0.15, 0.2) is 36.5 Å². The summed E-state index contributed by atoms with van der Waals surface area (Å²) in [4.78, 5) is 13.1. The summed E-state index contributed by atoms with van der Waals surface area (Å²) in [5.74, 6) is -0.492. The number of aliphatic carboxylic acids is 1. The number of aromatic nitrogens is 2. The molecule has 1 aromatic carbocycles. The van der Waals surface area contributed by atoms with Crippen LogP contribution in [0.3, 0.4) is 0 Å². The Balaban J connectivity index is 1.58. The molecule has 0 unspecified atom stereocenters. The van der Waals surface area contributed by atoms with Gasteiger partial charge < -0.3 is 9.84 Å². The number of hydrogen-bond acceptors (Lipinski definition) is 4. The number of likely N-dealkylation sites (tertiary alicyclic amines) is 1. The fourth-order valence-electron chi connectivity index (χ4n) is 3.30. The molecule has 1 atom stereocenters. The summed E-state index contributed by atoms with van der Waals surface area (Å²) >= 11 is 0. The molecular formula is C18H21F2N3O3. The van der Waals surface area contributed by atoms with Gasteiger partial charge in [0.25, 0.3) is 0 Å². The third-order valence-electron chi connectivity index (χ3n) is 4.44. The van der Waals surface area contributed by atoms with Crippen molar-refractivity contribution in [1.82, 2.24) is 14.7 Å².